The van der Waals surface area contributed by atoms with Gasteiger partial charge in [-0.2, -0.15) is 0 Å². The summed E-state index contributed by atoms with van der Waals surface area (Å²) in [4.78, 5) is 37.2. The first-order valence-corrected chi connectivity index (χ1v) is 26.4. The molecule has 2 atom stereocenters. The molecule has 364 valence electrons. The minimum atomic E-state index is -0.873. The van der Waals surface area contributed by atoms with E-state index < -0.39 is 18.1 Å². The molecule has 0 aliphatic heterocycles. The number of unbranched alkanes of at least 4 members (excludes halogenated alkanes) is 31. The van der Waals surface area contributed by atoms with Crippen LogP contribution in [0.4, 0.5) is 0 Å². The average Bonchev–Trinajstić information content (AvgIpc) is 3.23. The van der Waals surface area contributed by atoms with E-state index >= 15 is 0 Å². The van der Waals surface area contributed by atoms with E-state index in [1.54, 1.807) is 0 Å². The molecule has 0 rings (SSSR count). The molecule has 0 aliphatic rings. The van der Waals surface area contributed by atoms with Crippen molar-refractivity contribution in [2.24, 2.45) is 0 Å². The van der Waals surface area contributed by atoms with Crippen LogP contribution < -0.4 is 0 Å². The number of carbonyl (C=O) groups excluding carboxylic acids is 2. The molecule has 0 spiro atoms. The molecule has 8 nitrogen and oxygen atoms in total. The van der Waals surface area contributed by atoms with Gasteiger partial charge in [0.1, 0.15) is 6.61 Å². The fourth-order valence-electron chi connectivity index (χ4n) is 8.03. The lowest BCUT2D eigenvalue weighted by molar-refractivity contribution is -0.887. The zero-order valence-corrected chi connectivity index (χ0v) is 41.6. The van der Waals surface area contributed by atoms with Gasteiger partial charge in [0.2, 0.25) is 0 Å². The fourth-order valence-corrected chi connectivity index (χ4v) is 8.03. The summed E-state index contributed by atoms with van der Waals surface area (Å²) >= 11 is 0. The number of carbonyl (C=O) groups is 3. The molecule has 0 aromatic heterocycles. The summed E-state index contributed by atoms with van der Waals surface area (Å²) in [6.45, 7) is 4.76. The predicted molar refractivity (Wildman–Crippen MR) is 262 cm³/mol. The van der Waals surface area contributed by atoms with E-state index in [1.165, 1.54) is 161 Å². The van der Waals surface area contributed by atoms with Crippen LogP contribution in [0.2, 0.25) is 0 Å². The third-order valence-corrected chi connectivity index (χ3v) is 12.1. The highest BCUT2D eigenvalue weighted by Gasteiger charge is 2.31. The molecule has 0 aromatic rings. The number of rotatable bonds is 48. The predicted octanol–water partition coefficient (Wildman–Crippen LogP) is 15.2. The van der Waals surface area contributed by atoms with Crippen LogP contribution in [-0.4, -0.2) is 80.6 Å². The zero-order valence-electron chi connectivity index (χ0n) is 41.6. The Morgan fingerprint density at radius 1 is 0.484 bits per heavy atom. The van der Waals surface area contributed by atoms with E-state index in [0.717, 1.165) is 57.8 Å². The van der Waals surface area contributed by atoms with Crippen molar-refractivity contribution in [3.63, 3.8) is 0 Å². The van der Waals surface area contributed by atoms with Gasteiger partial charge >= 0.3 is 17.9 Å². The van der Waals surface area contributed by atoms with Crippen LogP contribution in [0.15, 0.2) is 24.3 Å². The van der Waals surface area contributed by atoms with Crippen molar-refractivity contribution in [2.45, 2.75) is 264 Å². The molecule has 0 bridgehead atoms. The minimum Gasteiger partial charge on any atom is -0.477 e. The highest BCUT2D eigenvalue weighted by molar-refractivity contribution is 5.72. The second-order valence-corrected chi connectivity index (χ2v) is 19.2. The molecule has 0 saturated heterocycles. The third kappa shape index (κ3) is 43.1. The molecule has 62 heavy (non-hydrogen) atoms. The molecule has 0 radical (unpaired) electrons. The first-order chi connectivity index (χ1) is 30.1. The van der Waals surface area contributed by atoms with Crippen molar-refractivity contribution in [3.05, 3.63) is 24.3 Å². The molecule has 1 N–H and O–H groups in total. The van der Waals surface area contributed by atoms with E-state index in [2.05, 4.69) is 38.2 Å². The lowest BCUT2D eigenvalue weighted by Gasteiger charge is -2.31. The van der Waals surface area contributed by atoms with Crippen molar-refractivity contribution in [2.75, 3.05) is 41.0 Å². The Kier molecular flexibility index (Phi) is 43.8. The van der Waals surface area contributed by atoms with Crippen LogP contribution >= 0.6 is 0 Å². The molecular weight excluding hydrogens is 775 g/mol. The second kappa shape index (κ2) is 45.4. The molecule has 0 aliphatic carbocycles. The van der Waals surface area contributed by atoms with Gasteiger partial charge in [-0.3, -0.25) is 9.59 Å². The lowest BCUT2D eigenvalue weighted by Crippen LogP contribution is -2.50. The maximum absolute atomic E-state index is 12.8. The van der Waals surface area contributed by atoms with Crippen LogP contribution in [0.1, 0.15) is 251 Å². The summed E-state index contributed by atoms with van der Waals surface area (Å²) < 4.78 is 17.4. The number of carboxylic acid groups (broad SMARTS) is 1. The van der Waals surface area contributed by atoms with Gasteiger partial charge < -0.3 is 23.8 Å². The minimum absolute atomic E-state index is 0.0542. The monoisotopic (exact) mass is 877 g/mol. The number of quaternary nitrogens is 1. The van der Waals surface area contributed by atoms with Gasteiger partial charge in [0.15, 0.2) is 12.1 Å². The Labute approximate surface area is 383 Å². The van der Waals surface area contributed by atoms with Crippen LogP contribution in [0.3, 0.4) is 0 Å². The van der Waals surface area contributed by atoms with Gasteiger partial charge in [-0.1, -0.05) is 218 Å². The maximum atomic E-state index is 12.8. The van der Waals surface area contributed by atoms with Crippen molar-refractivity contribution < 1.29 is 38.2 Å². The molecule has 8 heteroatoms. The van der Waals surface area contributed by atoms with E-state index in [1.807, 2.05) is 21.1 Å². The summed E-state index contributed by atoms with van der Waals surface area (Å²) in [6, 6.07) is -0.615. The van der Waals surface area contributed by atoms with Gasteiger partial charge in [0.05, 0.1) is 34.4 Å². The summed E-state index contributed by atoms with van der Waals surface area (Å²) in [5.41, 5.74) is 0. The smallest absolute Gasteiger partial charge is 0.362 e. The number of nitrogens with zero attached hydrogens (tertiary/aromatic N) is 1. The highest BCUT2D eigenvalue weighted by Crippen LogP contribution is 2.16. The molecule has 0 heterocycles. The normalized spacial score (nSPS) is 13.0. The Bertz CT molecular complexity index is 1070. The number of likely N-dealkylation sites (N-methyl/N-ethyl adjacent to an activating group) is 1. The summed E-state index contributed by atoms with van der Waals surface area (Å²) in [5.74, 6) is -1.47. The van der Waals surface area contributed by atoms with Gasteiger partial charge in [-0.25, -0.2) is 4.79 Å². The molecule has 2 unspecified atom stereocenters. The molecular formula is C54H102NO7+. The second-order valence-electron chi connectivity index (χ2n) is 19.2. The number of allylic oxidation sites excluding steroid dienone is 4. The van der Waals surface area contributed by atoms with Gasteiger partial charge in [-0.05, 0) is 38.5 Å². The number of carboxylic acids is 1. The van der Waals surface area contributed by atoms with Gasteiger partial charge in [0.25, 0.3) is 0 Å². The number of esters is 2. The topological polar surface area (TPSA) is 99.1 Å². The molecule has 0 amide bonds. The summed E-state index contributed by atoms with van der Waals surface area (Å²) in [6.07, 6.45) is 52.3. The first kappa shape index (κ1) is 59.8. The highest BCUT2D eigenvalue weighted by atomic mass is 16.6. The number of hydrogen-bond donors (Lipinski definition) is 1. The SMILES string of the molecule is CCCCCCCCC/C=C/C=C/CCCCCCCC(=O)OCC(COCCC(C(=O)O)[N+](C)(C)C)OC(=O)CCCCCCCCCCCCCCCCCCCCCC. The molecule has 0 aromatic carbocycles. The Balaban J connectivity index is 4.23. The maximum Gasteiger partial charge on any atom is 0.362 e. The van der Waals surface area contributed by atoms with Crippen LogP contribution in [-0.2, 0) is 28.6 Å². The average molecular weight is 877 g/mol. The fraction of sp³-hybridized carbons (Fsp3) is 0.870. The summed E-state index contributed by atoms with van der Waals surface area (Å²) in [5, 5.41) is 9.65. The summed E-state index contributed by atoms with van der Waals surface area (Å²) in [7, 11) is 5.54. The molecule has 0 saturated carbocycles. The Morgan fingerprint density at radius 3 is 1.21 bits per heavy atom. The zero-order chi connectivity index (χ0) is 45.6. The Morgan fingerprint density at radius 2 is 0.839 bits per heavy atom. The van der Waals surface area contributed by atoms with Crippen molar-refractivity contribution in [1.29, 1.82) is 0 Å². The van der Waals surface area contributed by atoms with Crippen LogP contribution in [0.5, 0.6) is 0 Å². The van der Waals surface area contributed by atoms with E-state index in [-0.39, 0.29) is 36.2 Å². The van der Waals surface area contributed by atoms with Gasteiger partial charge in [-0.15, -0.1) is 0 Å². The number of aliphatic carboxylic acids is 1. The Hall–Kier alpha value is -2.19. The first-order valence-electron chi connectivity index (χ1n) is 26.4. The lowest BCUT2D eigenvalue weighted by atomic mass is 10.0. The van der Waals surface area contributed by atoms with Gasteiger partial charge in [0, 0.05) is 19.3 Å². The van der Waals surface area contributed by atoms with E-state index in [4.69, 9.17) is 14.2 Å². The van der Waals surface area contributed by atoms with Crippen LogP contribution in [0.25, 0.3) is 0 Å². The standard InChI is InChI=1S/C54H101NO7/c1-6-8-10-12-14-16-18-20-22-24-26-27-29-31-33-35-37-39-41-43-45-53(57)62-50(48-60-47-46-51(54(58)59)55(3,4)5)49-61-52(56)44-42-40-38-36-34-32-30-28-25-23-21-19-17-15-13-11-9-7-2/h23,25,28,30,50-51H,6-22,24,26-27,29,31-49H2,1-5H3/p+1/b25-23+,30-28+. The number of hydrogen-bond acceptors (Lipinski definition) is 6. The molecule has 0 fully saturated rings. The van der Waals surface area contributed by atoms with Crippen molar-refractivity contribution >= 4 is 17.9 Å². The van der Waals surface area contributed by atoms with E-state index in [9.17, 15) is 19.5 Å². The largest absolute Gasteiger partial charge is 0.477 e. The van der Waals surface area contributed by atoms with Crippen molar-refractivity contribution in [3.8, 4) is 0 Å². The quantitative estimate of drug-likeness (QED) is 0.0281. The van der Waals surface area contributed by atoms with Crippen molar-refractivity contribution in [1.82, 2.24) is 0 Å². The van der Waals surface area contributed by atoms with E-state index in [0.29, 0.717) is 19.3 Å². The number of ether oxygens (including phenoxy) is 3. The van der Waals surface area contributed by atoms with Crippen LogP contribution in [0, 0.1) is 0 Å². The third-order valence-electron chi connectivity index (χ3n) is 12.1.